The lowest BCUT2D eigenvalue weighted by atomic mass is 10.2. The highest BCUT2D eigenvalue weighted by Crippen LogP contribution is 2.11. The molecule has 94 valence electrons. The predicted octanol–water partition coefficient (Wildman–Crippen LogP) is 1.47. The molecule has 0 unspecified atom stereocenters. The third-order valence-electron chi connectivity index (χ3n) is 2.14. The van der Waals surface area contributed by atoms with E-state index in [0.717, 1.165) is 12.8 Å². The molecule has 1 rings (SSSR count). The van der Waals surface area contributed by atoms with Crippen LogP contribution >= 0.6 is 11.6 Å². The summed E-state index contributed by atoms with van der Waals surface area (Å²) >= 11 is 5.71. The highest BCUT2D eigenvalue weighted by Gasteiger charge is 2.07. The van der Waals surface area contributed by atoms with Crippen molar-refractivity contribution in [3.8, 4) is 0 Å². The first-order valence-electron chi connectivity index (χ1n) is 5.33. The van der Waals surface area contributed by atoms with Gasteiger partial charge >= 0.3 is 0 Å². The molecule has 0 aliphatic heterocycles. The van der Waals surface area contributed by atoms with Gasteiger partial charge in [-0.15, -0.1) is 0 Å². The van der Waals surface area contributed by atoms with E-state index in [0.29, 0.717) is 18.7 Å². The Morgan fingerprint density at radius 1 is 1.53 bits per heavy atom. The number of carbonyl (C=O) groups is 1. The zero-order valence-electron chi connectivity index (χ0n) is 9.70. The molecule has 3 N–H and O–H groups in total. The molecule has 0 radical (unpaired) electrons. The Bertz CT molecular complexity index is 365. The summed E-state index contributed by atoms with van der Waals surface area (Å²) in [5.74, 6) is 0.0421. The molecule has 0 atom stereocenters. The number of hydrogen-bond donors (Lipinski definition) is 2. The van der Waals surface area contributed by atoms with Crippen molar-refractivity contribution >= 4 is 23.3 Å². The Kier molecular flexibility index (Phi) is 5.72. The number of ether oxygens (including phenoxy) is 1. The lowest BCUT2D eigenvalue weighted by Crippen LogP contribution is -2.24. The van der Waals surface area contributed by atoms with Gasteiger partial charge in [-0.3, -0.25) is 4.79 Å². The molecule has 0 aliphatic carbocycles. The molecule has 17 heavy (non-hydrogen) atoms. The van der Waals surface area contributed by atoms with Gasteiger partial charge in [-0.25, -0.2) is 4.98 Å². The molecule has 6 heteroatoms. The van der Waals surface area contributed by atoms with E-state index in [4.69, 9.17) is 22.1 Å². The number of methoxy groups -OCH3 is 1. The van der Waals surface area contributed by atoms with Crippen LogP contribution < -0.4 is 11.1 Å². The molecule has 0 aromatic carbocycles. The number of nitrogens with zero attached hydrogens (tertiary/aromatic N) is 1. The van der Waals surface area contributed by atoms with E-state index in [1.54, 1.807) is 7.11 Å². The maximum absolute atomic E-state index is 11.7. The summed E-state index contributed by atoms with van der Waals surface area (Å²) in [6.07, 6.45) is 1.78. The molecular formula is C11H16ClN3O2. The van der Waals surface area contributed by atoms with Gasteiger partial charge in [-0.1, -0.05) is 11.6 Å². The first-order chi connectivity index (χ1) is 8.13. The second-order valence-electron chi connectivity index (χ2n) is 3.56. The second kappa shape index (κ2) is 7.09. The number of anilines is 1. The largest absolute Gasteiger partial charge is 0.385 e. The molecule has 0 saturated heterocycles. The van der Waals surface area contributed by atoms with Crippen LogP contribution in [0, 0.1) is 0 Å². The quantitative estimate of drug-likeness (QED) is 0.598. The van der Waals surface area contributed by atoms with Crippen LogP contribution in [0.5, 0.6) is 0 Å². The van der Waals surface area contributed by atoms with Crippen molar-refractivity contribution in [2.75, 3.05) is 26.0 Å². The van der Waals surface area contributed by atoms with Gasteiger partial charge in [0.2, 0.25) is 0 Å². The molecule has 0 saturated carbocycles. The minimum Gasteiger partial charge on any atom is -0.385 e. The average Bonchev–Trinajstić information content (AvgIpc) is 2.27. The van der Waals surface area contributed by atoms with Crippen molar-refractivity contribution in [1.82, 2.24) is 10.3 Å². The van der Waals surface area contributed by atoms with Crippen molar-refractivity contribution in [1.29, 1.82) is 0 Å². The van der Waals surface area contributed by atoms with Crippen molar-refractivity contribution in [2.24, 2.45) is 0 Å². The third-order valence-corrected chi connectivity index (χ3v) is 2.33. The van der Waals surface area contributed by atoms with Gasteiger partial charge in [0.25, 0.3) is 5.91 Å². The van der Waals surface area contributed by atoms with Crippen molar-refractivity contribution in [3.05, 3.63) is 22.8 Å². The van der Waals surface area contributed by atoms with E-state index in [1.165, 1.54) is 12.1 Å². The van der Waals surface area contributed by atoms with Gasteiger partial charge in [0.15, 0.2) is 0 Å². The Morgan fingerprint density at radius 3 is 2.94 bits per heavy atom. The SMILES string of the molecule is COCCCCNC(=O)c1cc(N)nc(Cl)c1. The van der Waals surface area contributed by atoms with Crippen LogP contribution in [0.4, 0.5) is 5.82 Å². The van der Waals surface area contributed by atoms with Crippen LogP contribution in [0.15, 0.2) is 12.1 Å². The molecule has 0 aliphatic rings. The van der Waals surface area contributed by atoms with Crippen LogP contribution in [-0.4, -0.2) is 31.2 Å². The molecule has 1 aromatic heterocycles. The van der Waals surface area contributed by atoms with Crippen LogP contribution in [0.25, 0.3) is 0 Å². The highest BCUT2D eigenvalue weighted by molar-refractivity contribution is 6.29. The van der Waals surface area contributed by atoms with Gasteiger partial charge in [0, 0.05) is 25.8 Å². The number of rotatable bonds is 6. The molecule has 5 nitrogen and oxygen atoms in total. The summed E-state index contributed by atoms with van der Waals surface area (Å²) in [5, 5.41) is 2.99. The Balaban J connectivity index is 2.41. The number of amides is 1. The number of aromatic nitrogens is 1. The summed E-state index contributed by atoms with van der Waals surface area (Å²) in [6, 6.07) is 2.98. The van der Waals surface area contributed by atoms with Crippen LogP contribution in [0.3, 0.4) is 0 Å². The van der Waals surface area contributed by atoms with E-state index < -0.39 is 0 Å². The fourth-order valence-electron chi connectivity index (χ4n) is 1.32. The van der Waals surface area contributed by atoms with E-state index >= 15 is 0 Å². The molecule has 0 bridgehead atoms. The minimum atomic E-state index is -0.196. The van der Waals surface area contributed by atoms with Crippen molar-refractivity contribution in [3.63, 3.8) is 0 Å². The standard InChI is InChI=1S/C11H16ClN3O2/c1-17-5-3-2-4-14-11(16)8-6-9(12)15-10(13)7-8/h6-7H,2-5H2,1H3,(H2,13,15)(H,14,16). The number of hydrogen-bond acceptors (Lipinski definition) is 4. The van der Waals surface area contributed by atoms with E-state index in [1.807, 2.05) is 0 Å². The third kappa shape index (κ3) is 5.01. The lowest BCUT2D eigenvalue weighted by molar-refractivity contribution is 0.0951. The average molecular weight is 258 g/mol. The maximum Gasteiger partial charge on any atom is 0.251 e. The zero-order chi connectivity index (χ0) is 12.7. The van der Waals surface area contributed by atoms with Gasteiger partial charge in [-0.05, 0) is 25.0 Å². The number of pyridine rings is 1. The fourth-order valence-corrected chi connectivity index (χ4v) is 1.54. The number of nitrogens with two attached hydrogens (primary N) is 1. The zero-order valence-corrected chi connectivity index (χ0v) is 10.5. The summed E-state index contributed by atoms with van der Waals surface area (Å²) in [6.45, 7) is 1.30. The normalized spacial score (nSPS) is 10.2. The first-order valence-corrected chi connectivity index (χ1v) is 5.71. The van der Waals surface area contributed by atoms with E-state index in [-0.39, 0.29) is 16.9 Å². The second-order valence-corrected chi connectivity index (χ2v) is 3.95. The van der Waals surface area contributed by atoms with Crippen molar-refractivity contribution in [2.45, 2.75) is 12.8 Å². The Hall–Kier alpha value is -1.33. The molecule has 0 fully saturated rings. The number of nitrogen functional groups attached to an aromatic ring is 1. The summed E-state index contributed by atoms with van der Waals surface area (Å²) < 4.78 is 4.91. The summed E-state index contributed by atoms with van der Waals surface area (Å²) in [5.41, 5.74) is 5.92. The van der Waals surface area contributed by atoms with Crippen LogP contribution in [0.2, 0.25) is 5.15 Å². The predicted molar refractivity (Wildman–Crippen MR) is 67.1 cm³/mol. The molecule has 0 spiro atoms. The monoisotopic (exact) mass is 257 g/mol. The number of carbonyl (C=O) groups excluding carboxylic acids is 1. The first kappa shape index (κ1) is 13.7. The molecular weight excluding hydrogens is 242 g/mol. The van der Waals surface area contributed by atoms with Crippen LogP contribution in [-0.2, 0) is 4.74 Å². The Labute approximate surface area is 105 Å². The lowest BCUT2D eigenvalue weighted by Gasteiger charge is -2.05. The van der Waals surface area contributed by atoms with E-state index in [2.05, 4.69) is 10.3 Å². The van der Waals surface area contributed by atoms with E-state index in [9.17, 15) is 4.79 Å². The van der Waals surface area contributed by atoms with Crippen molar-refractivity contribution < 1.29 is 9.53 Å². The van der Waals surface area contributed by atoms with Gasteiger partial charge in [0.1, 0.15) is 11.0 Å². The van der Waals surface area contributed by atoms with Gasteiger partial charge in [0.05, 0.1) is 0 Å². The molecule has 1 amide bonds. The summed E-state index contributed by atoms with van der Waals surface area (Å²) in [4.78, 5) is 15.5. The Morgan fingerprint density at radius 2 is 2.29 bits per heavy atom. The molecule has 1 aromatic rings. The highest BCUT2D eigenvalue weighted by atomic mass is 35.5. The fraction of sp³-hybridized carbons (Fsp3) is 0.455. The maximum atomic E-state index is 11.7. The van der Waals surface area contributed by atoms with Gasteiger partial charge < -0.3 is 15.8 Å². The number of nitrogens with one attached hydrogen (secondary N) is 1. The molecule has 1 heterocycles. The smallest absolute Gasteiger partial charge is 0.251 e. The van der Waals surface area contributed by atoms with Gasteiger partial charge in [-0.2, -0.15) is 0 Å². The minimum absolute atomic E-state index is 0.196. The topological polar surface area (TPSA) is 77.2 Å². The summed E-state index contributed by atoms with van der Waals surface area (Å²) in [7, 11) is 1.65. The number of halogens is 1. The van der Waals surface area contributed by atoms with Crippen LogP contribution in [0.1, 0.15) is 23.2 Å². The number of unbranched alkanes of at least 4 members (excludes halogenated alkanes) is 1.